The third-order valence-corrected chi connectivity index (χ3v) is 6.61. The highest BCUT2D eigenvalue weighted by Gasteiger charge is 2.27. The van der Waals surface area contributed by atoms with Gasteiger partial charge in [-0.2, -0.15) is 5.26 Å². The van der Waals surface area contributed by atoms with Gasteiger partial charge in [0.25, 0.3) is 0 Å². The SMILES string of the molecule is N#CC(SC[C@H](NC(=O)CC[C@H]([NH3+])C(=O)[O-])C(=O)N[C@@H](CCC(=O)[O-])C(=O)[O-])c1c[nH]c2ccccc12. The van der Waals surface area contributed by atoms with Crippen molar-refractivity contribution in [2.45, 2.75) is 49.1 Å². The number of nitriles is 1. The summed E-state index contributed by atoms with van der Waals surface area (Å²) in [6.07, 6.45) is 0.0130. The number of benzene rings is 1. The van der Waals surface area contributed by atoms with Gasteiger partial charge in [0.05, 0.1) is 24.0 Å². The van der Waals surface area contributed by atoms with Gasteiger partial charge in [0.1, 0.15) is 17.3 Å². The van der Waals surface area contributed by atoms with Crippen molar-refractivity contribution in [3.63, 3.8) is 0 Å². The standard InChI is InChI=1S/C23H27N5O8S/c24-9-18(13-10-26-15-4-2-1-3-12(13)15)37-11-17(27-19(29)7-5-14(25)22(33)34)21(32)28-16(23(35)36)6-8-20(30)31/h1-4,10,14,16-18,26H,5-8,11,25H2,(H,27,29)(H,28,32)(H,30,31)(H,33,34)(H,35,36)/p-2/t14-,16-,17-,18?/m0/s1. The minimum atomic E-state index is -1.73. The van der Waals surface area contributed by atoms with Crippen molar-refractivity contribution in [1.82, 2.24) is 15.6 Å². The largest absolute Gasteiger partial charge is 0.550 e. The summed E-state index contributed by atoms with van der Waals surface area (Å²) in [6.45, 7) is 0. The predicted molar refractivity (Wildman–Crippen MR) is 123 cm³/mol. The number of nitrogens with zero attached hydrogens (tertiary/aromatic N) is 1. The minimum absolute atomic E-state index is 0.163. The van der Waals surface area contributed by atoms with Crippen LogP contribution in [0, 0.1) is 11.3 Å². The van der Waals surface area contributed by atoms with E-state index in [-0.39, 0.29) is 18.6 Å². The van der Waals surface area contributed by atoms with Crippen LogP contribution >= 0.6 is 11.8 Å². The van der Waals surface area contributed by atoms with Crippen LogP contribution in [0.15, 0.2) is 30.5 Å². The molecule has 0 saturated heterocycles. The second-order valence-electron chi connectivity index (χ2n) is 8.10. The second-order valence-corrected chi connectivity index (χ2v) is 9.24. The molecule has 1 heterocycles. The quantitative estimate of drug-likeness (QED) is 0.173. The summed E-state index contributed by atoms with van der Waals surface area (Å²) in [6, 6.07) is 5.21. The third kappa shape index (κ3) is 8.81. The fraction of sp³-hybridized carbons (Fsp3) is 0.391. The Bertz CT molecular complexity index is 1190. The number of carboxylic acids is 3. The second kappa shape index (κ2) is 13.9. The first kappa shape index (κ1) is 29.1. The Labute approximate surface area is 215 Å². The van der Waals surface area contributed by atoms with E-state index >= 15 is 0 Å². The lowest BCUT2D eigenvalue weighted by atomic mass is 10.1. The van der Waals surface area contributed by atoms with Crippen LogP contribution < -0.4 is 31.7 Å². The van der Waals surface area contributed by atoms with Crippen molar-refractivity contribution in [2.75, 3.05) is 5.75 Å². The van der Waals surface area contributed by atoms with Crippen molar-refractivity contribution in [3.8, 4) is 6.07 Å². The number of fused-ring (bicyclic) bond motifs is 1. The van der Waals surface area contributed by atoms with Crippen molar-refractivity contribution in [1.29, 1.82) is 5.26 Å². The molecule has 1 unspecified atom stereocenters. The molecule has 0 aliphatic heterocycles. The molecule has 4 atom stereocenters. The number of para-hydroxylation sites is 1. The molecule has 37 heavy (non-hydrogen) atoms. The lowest BCUT2D eigenvalue weighted by Crippen LogP contribution is -2.68. The van der Waals surface area contributed by atoms with E-state index in [2.05, 4.69) is 27.4 Å². The molecule has 198 valence electrons. The van der Waals surface area contributed by atoms with Gasteiger partial charge >= 0.3 is 0 Å². The molecule has 0 saturated carbocycles. The fourth-order valence-corrected chi connectivity index (χ4v) is 4.42. The number of hydrogen-bond acceptors (Lipinski definition) is 10. The Kier molecular flexibility index (Phi) is 10.9. The minimum Gasteiger partial charge on any atom is -0.550 e. The van der Waals surface area contributed by atoms with E-state index in [9.17, 15) is 44.6 Å². The third-order valence-electron chi connectivity index (χ3n) is 5.39. The summed E-state index contributed by atoms with van der Waals surface area (Å²) in [5.74, 6) is -6.52. The van der Waals surface area contributed by atoms with Crippen molar-refractivity contribution in [3.05, 3.63) is 36.0 Å². The van der Waals surface area contributed by atoms with Crippen LogP contribution in [0.25, 0.3) is 10.9 Å². The summed E-state index contributed by atoms with van der Waals surface area (Å²) >= 11 is 1.02. The zero-order chi connectivity index (χ0) is 27.5. The number of aromatic nitrogens is 1. The molecule has 0 aliphatic carbocycles. The van der Waals surface area contributed by atoms with Crippen LogP contribution in [-0.2, 0) is 24.0 Å². The van der Waals surface area contributed by atoms with E-state index in [1.165, 1.54) is 0 Å². The molecule has 0 radical (unpaired) electrons. The Morgan fingerprint density at radius 3 is 2.32 bits per heavy atom. The van der Waals surface area contributed by atoms with Crippen LogP contribution in [-0.4, -0.2) is 58.6 Å². The molecule has 0 spiro atoms. The number of carboxylic acid groups (broad SMARTS) is 3. The molecule has 2 amide bonds. The maximum atomic E-state index is 12.9. The summed E-state index contributed by atoms with van der Waals surface area (Å²) in [4.78, 5) is 61.3. The zero-order valence-electron chi connectivity index (χ0n) is 19.6. The van der Waals surface area contributed by atoms with E-state index < -0.39 is 65.9 Å². The average Bonchev–Trinajstić information content (AvgIpc) is 3.28. The van der Waals surface area contributed by atoms with Gasteiger partial charge in [0.15, 0.2) is 0 Å². The number of hydrogen-bond donors (Lipinski definition) is 4. The van der Waals surface area contributed by atoms with Gasteiger partial charge in [-0.05, 0) is 18.9 Å². The van der Waals surface area contributed by atoms with Crippen molar-refractivity contribution >= 4 is 52.4 Å². The van der Waals surface area contributed by atoms with Crippen molar-refractivity contribution < 1.29 is 45.0 Å². The first-order valence-electron chi connectivity index (χ1n) is 11.1. The highest BCUT2D eigenvalue weighted by Crippen LogP contribution is 2.33. The van der Waals surface area contributed by atoms with E-state index in [0.717, 1.165) is 22.7 Å². The van der Waals surface area contributed by atoms with Gasteiger partial charge in [0.2, 0.25) is 11.8 Å². The highest BCUT2D eigenvalue weighted by atomic mass is 32.2. The first-order valence-corrected chi connectivity index (χ1v) is 12.2. The highest BCUT2D eigenvalue weighted by molar-refractivity contribution is 7.99. The molecule has 0 aliphatic rings. The number of quaternary nitrogens is 1. The Morgan fingerprint density at radius 2 is 1.70 bits per heavy atom. The number of thioether (sulfide) groups is 1. The molecule has 14 heteroatoms. The Morgan fingerprint density at radius 1 is 1.00 bits per heavy atom. The normalized spacial score (nSPS) is 14.1. The van der Waals surface area contributed by atoms with Gasteiger partial charge in [-0.1, -0.05) is 18.2 Å². The maximum Gasteiger partial charge on any atom is 0.243 e. The number of nitrogens with one attached hydrogen (secondary N) is 3. The number of aliphatic carboxylic acids is 3. The van der Waals surface area contributed by atoms with Crippen LogP contribution in [0.2, 0.25) is 0 Å². The zero-order valence-corrected chi connectivity index (χ0v) is 20.4. The smallest absolute Gasteiger partial charge is 0.243 e. The lowest BCUT2D eigenvalue weighted by Gasteiger charge is -2.25. The maximum absolute atomic E-state index is 12.9. The number of rotatable bonds is 15. The molecule has 0 bridgehead atoms. The predicted octanol–water partition coefficient (Wildman–Crippen LogP) is -4.14. The number of amides is 2. The van der Waals surface area contributed by atoms with Gasteiger partial charge in [0, 0.05) is 47.2 Å². The average molecular weight is 532 g/mol. The van der Waals surface area contributed by atoms with Crippen LogP contribution in [0.4, 0.5) is 0 Å². The number of aromatic amines is 1. The van der Waals surface area contributed by atoms with Gasteiger partial charge in [-0.15, -0.1) is 11.8 Å². The number of H-pyrrole nitrogens is 1. The Balaban J connectivity index is 2.17. The summed E-state index contributed by atoms with van der Waals surface area (Å²) < 4.78 is 0. The molecular weight excluding hydrogens is 506 g/mol. The topological polar surface area (TPSA) is 246 Å². The molecule has 6 N–H and O–H groups in total. The molecule has 1 aromatic carbocycles. The van der Waals surface area contributed by atoms with Gasteiger partial charge < -0.3 is 51.1 Å². The van der Waals surface area contributed by atoms with E-state index in [4.69, 9.17) is 0 Å². The van der Waals surface area contributed by atoms with Crippen LogP contribution in [0.1, 0.15) is 36.5 Å². The molecule has 2 aromatic rings. The number of carbonyl (C=O) groups is 5. The molecule has 0 fully saturated rings. The van der Waals surface area contributed by atoms with Crippen LogP contribution in [0.5, 0.6) is 0 Å². The molecular formula is C23H25N5O8S-2. The molecule has 2 rings (SSSR count). The van der Waals surface area contributed by atoms with Gasteiger partial charge in [-0.25, -0.2) is 0 Å². The van der Waals surface area contributed by atoms with Crippen LogP contribution in [0.3, 0.4) is 0 Å². The van der Waals surface area contributed by atoms with E-state index in [1.54, 1.807) is 12.3 Å². The van der Waals surface area contributed by atoms with Crippen molar-refractivity contribution in [2.24, 2.45) is 0 Å². The lowest BCUT2D eigenvalue weighted by molar-refractivity contribution is -0.438. The fourth-order valence-electron chi connectivity index (χ4n) is 3.36. The summed E-state index contributed by atoms with van der Waals surface area (Å²) in [5.41, 5.74) is 4.79. The summed E-state index contributed by atoms with van der Waals surface area (Å²) in [7, 11) is 0. The monoisotopic (exact) mass is 531 g/mol. The molecule has 13 nitrogen and oxygen atoms in total. The van der Waals surface area contributed by atoms with Gasteiger partial charge in [-0.3, -0.25) is 9.59 Å². The van der Waals surface area contributed by atoms with E-state index in [1.807, 2.05) is 18.2 Å². The first-order chi connectivity index (χ1) is 17.5. The Hall–Kier alpha value is -4.09. The summed E-state index contributed by atoms with van der Waals surface area (Å²) in [5, 5.41) is 47.2. The number of carbonyl (C=O) groups excluding carboxylic acids is 5. The van der Waals surface area contributed by atoms with E-state index in [0.29, 0.717) is 5.56 Å². The molecule has 1 aromatic heterocycles.